The van der Waals surface area contributed by atoms with Crippen LogP contribution in [0.15, 0.2) is 24.3 Å². The van der Waals surface area contributed by atoms with E-state index in [2.05, 4.69) is 4.74 Å². The molecule has 2 nitrogen and oxygen atoms in total. The van der Waals surface area contributed by atoms with Crippen molar-refractivity contribution < 1.29 is 17.9 Å². The molecule has 0 spiro atoms. The molecule has 18 heavy (non-hydrogen) atoms. The Bertz CT molecular complexity index is 415. The molecule has 1 aliphatic rings. The summed E-state index contributed by atoms with van der Waals surface area (Å²) in [5.74, 6) is 0.678. The first-order valence-electron chi connectivity index (χ1n) is 5.98. The predicted octanol–water partition coefficient (Wildman–Crippen LogP) is 3.63. The third kappa shape index (κ3) is 3.38. The number of alkyl halides is 3. The van der Waals surface area contributed by atoms with Gasteiger partial charge in [-0.3, -0.25) is 0 Å². The van der Waals surface area contributed by atoms with Crippen LogP contribution in [0.5, 0.6) is 5.75 Å². The predicted molar refractivity (Wildman–Crippen MR) is 61.9 cm³/mol. The van der Waals surface area contributed by atoms with Crippen molar-refractivity contribution in [2.75, 3.05) is 0 Å². The highest BCUT2D eigenvalue weighted by Crippen LogP contribution is 2.42. The number of rotatable bonds is 4. The molecule has 2 rings (SSSR count). The Hall–Kier alpha value is -1.23. The summed E-state index contributed by atoms with van der Waals surface area (Å²) in [7, 11) is 0. The lowest BCUT2D eigenvalue weighted by atomic mass is 9.91. The molecule has 5 heteroatoms. The van der Waals surface area contributed by atoms with Crippen molar-refractivity contribution in [2.24, 2.45) is 17.6 Å². The van der Waals surface area contributed by atoms with Crippen LogP contribution in [0.2, 0.25) is 0 Å². The van der Waals surface area contributed by atoms with E-state index in [9.17, 15) is 13.2 Å². The lowest BCUT2D eigenvalue weighted by molar-refractivity contribution is -0.274. The van der Waals surface area contributed by atoms with Gasteiger partial charge < -0.3 is 10.5 Å². The number of ether oxygens (including phenoxy) is 1. The molecule has 0 heterocycles. The van der Waals surface area contributed by atoms with Gasteiger partial charge >= 0.3 is 6.36 Å². The molecule has 2 unspecified atom stereocenters. The Morgan fingerprint density at radius 1 is 1.33 bits per heavy atom. The van der Waals surface area contributed by atoms with Crippen LogP contribution in [0.1, 0.15) is 31.4 Å². The number of halogens is 3. The van der Waals surface area contributed by atoms with Gasteiger partial charge in [0.2, 0.25) is 0 Å². The summed E-state index contributed by atoms with van der Waals surface area (Å²) >= 11 is 0. The van der Waals surface area contributed by atoms with Gasteiger partial charge in [0.05, 0.1) is 0 Å². The maximum atomic E-state index is 12.1. The Morgan fingerprint density at radius 2 is 2.00 bits per heavy atom. The average Bonchev–Trinajstić information content (AvgIpc) is 3.09. The van der Waals surface area contributed by atoms with Gasteiger partial charge in [-0.2, -0.15) is 0 Å². The third-order valence-corrected chi connectivity index (χ3v) is 3.41. The quantitative estimate of drug-likeness (QED) is 0.896. The Morgan fingerprint density at radius 3 is 2.56 bits per heavy atom. The zero-order chi connectivity index (χ0) is 13.3. The van der Waals surface area contributed by atoms with Gasteiger partial charge in [0.15, 0.2) is 0 Å². The molecule has 1 fully saturated rings. The van der Waals surface area contributed by atoms with Gasteiger partial charge in [-0.05, 0) is 42.4 Å². The summed E-state index contributed by atoms with van der Waals surface area (Å²) in [6, 6.07) is 5.69. The highest BCUT2D eigenvalue weighted by Gasteiger charge is 2.33. The van der Waals surface area contributed by atoms with Crippen LogP contribution >= 0.6 is 0 Å². The van der Waals surface area contributed by atoms with Crippen molar-refractivity contribution in [1.82, 2.24) is 0 Å². The molecule has 0 radical (unpaired) electrons. The molecule has 0 amide bonds. The second kappa shape index (κ2) is 4.80. The van der Waals surface area contributed by atoms with Crippen molar-refractivity contribution in [3.63, 3.8) is 0 Å². The normalized spacial score (nSPS) is 19.4. The van der Waals surface area contributed by atoms with E-state index in [1.54, 1.807) is 6.07 Å². The lowest BCUT2D eigenvalue weighted by Gasteiger charge is -2.20. The van der Waals surface area contributed by atoms with E-state index in [1.165, 1.54) is 18.2 Å². The molecule has 2 atom stereocenters. The second-order valence-corrected chi connectivity index (χ2v) is 4.84. The van der Waals surface area contributed by atoms with Gasteiger partial charge in [-0.25, -0.2) is 0 Å². The van der Waals surface area contributed by atoms with Crippen LogP contribution in [-0.4, -0.2) is 6.36 Å². The van der Waals surface area contributed by atoms with Crippen LogP contribution < -0.4 is 10.5 Å². The zero-order valence-corrected chi connectivity index (χ0v) is 10.1. The zero-order valence-electron chi connectivity index (χ0n) is 10.1. The molecular formula is C13H16F3NO. The number of hydrogen-bond donors (Lipinski definition) is 1. The fourth-order valence-electron chi connectivity index (χ4n) is 2.14. The fraction of sp³-hybridized carbons (Fsp3) is 0.538. The van der Waals surface area contributed by atoms with Crippen LogP contribution in [0.25, 0.3) is 0 Å². The largest absolute Gasteiger partial charge is 0.573 e. The first-order valence-corrected chi connectivity index (χ1v) is 5.98. The lowest BCUT2D eigenvalue weighted by Crippen LogP contribution is -2.21. The minimum absolute atomic E-state index is 0.210. The first-order chi connectivity index (χ1) is 8.37. The van der Waals surface area contributed by atoms with E-state index in [4.69, 9.17) is 5.73 Å². The minimum Gasteiger partial charge on any atom is -0.406 e. The number of benzene rings is 1. The molecule has 1 aromatic carbocycles. The molecular weight excluding hydrogens is 243 g/mol. The van der Waals surface area contributed by atoms with Gasteiger partial charge in [0, 0.05) is 6.04 Å². The van der Waals surface area contributed by atoms with Crippen molar-refractivity contribution in [3.8, 4) is 5.75 Å². The minimum atomic E-state index is -4.66. The molecule has 2 N–H and O–H groups in total. The maximum Gasteiger partial charge on any atom is 0.573 e. The fourth-order valence-corrected chi connectivity index (χ4v) is 2.14. The standard InChI is InChI=1S/C13H16F3NO/c1-8(9-5-6-9)12(17)10-3-2-4-11(7-10)18-13(14,15)16/h2-4,7-9,12H,5-6,17H2,1H3. The Labute approximate surface area is 104 Å². The molecule has 1 aromatic rings. The molecule has 0 aromatic heterocycles. The Balaban J connectivity index is 2.10. The van der Waals surface area contributed by atoms with Gasteiger partial charge in [0.25, 0.3) is 0 Å². The van der Waals surface area contributed by atoms with E-state index in [1.807, 2.05) is 6.92 Å². The van der Waals surface area contributed by atoms with Gasteiger partial charge in [0.1, 0.15) is 5.75 Å². The smallest absolute Gasteiger partial charge is 0.406 e. The molecule has 0 bridgehead atoms. The highest BCUT2D eigenvalue weighted by atomic mass is 19.4. The summed E-state index contributed by atoms with van der Waals surface area (Å²) in [5, 5.41) is 0. The second-order valence-electron chi connectivity index (χ2n) is 4.84. The highest BCUT2D eigenvalue weighted by molar-refractivity contribution is 5.31. The molecule has 0 saturated heterocycles. The summed E-state index contributed by atoms with van der Waals surface area (Å²) in [6.45, 7) is 2.04. The number of hydrogen-bond acceptors (Lipinski definition) is 2. The third-order valence-electron chi connectivity index (χ3n) is 3.41. The van der Waals surface area contributed by atoms with Crippen LogP contribution in [0, 0.1) is 11.8 Å². The van der Waals surface area contributed by atoms with Crippen LogP contribution in [-0.2, 0) is 0 Å². The molecule has 100 valence electrons. The van der Waals surface area contributed by atoms with Crippen LogP contribution in [0.3, 0.4) is 0 Å². The SMILES string of the molecule is CC(C1CC1)C(N)c1cccc(OC(F)(F)F)c1. The maximum absolute atomic E-state index is 12.1. The van der Waals surface area contributed by atoms with E-state index in [0.717, 1.165) is 12.8 Å². The van der Waals surface area contributed by atoms with E-state index < -0.39 is 6.36 Å². The van der Waals surface area contributed by atoms with Crippen LogP contribution in [0.4, 0.5) is 13.2 Å². The summed E-state index contributed by atoms with van der Waals surface area (Å²) in [5.41, 5.74) is 6.77. The van der Waals surface area contributed by atoms with Crippen molar-refractivity contribution in [1.29, 1.82) is 0 Å². The Kier molecular flexibility index (Phi) is 3.52. The summed E-state index contributed by atoms with van der Waals surface area (Å²) < 4.78 is 40.2. The first kappa shape index (κ1) is 13.2. The van der Waals surface area contributed by atoms with Crippen molar-refractivity contribution >= 4 is 0 Å². The van der Waals surface area contributed by atoms with Gasteiger partial charge in [-0.15, -0.1) is 13.2 Å². The topological polar surface area (TPSA) is 35.2 Å². The molecule has 0 aliphatic heterocycles. The monoisotopic (exact) mass is 259 g/mol. The van der Waals surface area contributed by atoms with Crippen molar-refractivity contribution in [2.45, 2.75) is 32.2 Å². The molecule has 1 aliphatic carbocycles. The van der Waals surface area contributed by atoms with Gasteiger partial charge in [-0.1, -0.05) is 19.1 Å². The van der Waals surface area contributed by atoms with E-state index >= 15 is 0 Å². The average molecular weight is 259 g/mol. The molecule has 1 saturated carbocycles. The summed E-state index contributed by atoms with van der Waals surface area (Å²) in [4.78, 5) is 0. The van der Waals surface area contributed by atoms with Crippen molar-refractivity contribution in [3.05, 3.63) is 29.8 Å². The van der Waals surface area contributed by atoms with E-state index in [-0.39, 0.29) is 17.7 Å². The summed E-state index contributed by atoms with van der Waals surface area (Å²) in [6.07, 6.45) is -2.34. The number of nitrogens with two attached hydrogens (primary N) is 1. The van der Waals surface area contributed by atoms with E-state index in [0.29, 0.717) is 11.5 Å².